The van der Waals surface area contributed by atoms with Crippen LogP contribution in [0, 0.1) is 5.92 Å². The molecule has 0 aromatic heterocycles. The van der Waals surface area contributed by atoms with Crippen LogP contribution in [0.5, 0.6) is 0 Å². The molecular formula is C17H25N3O5. The molecule has 0 aliphatic heterocycles. The highest BCUT2D eigenvalue weighted by atomic mass is 16.4. The van der Waals surface area contributed by atoms with E-state index >= 15 is 0 Å². The third-order valence-corrected chi connectivity index (χ3v) is 3.68. The zero-order valence-corrected chi connectivity index (χ0v) is 14.3. The Kier molecular flexibility index (Phi) is 8.03. The number of carbonyl (C=O) groups is 3. The smallest absolute Gasteiger partial charge is 0.328 e. The Bertz CT molecular complexity index is 591. The summed E-state index contributed by atoms with van der Waals surface area (Å²) < 4.78 is 0. The van der Waals surface area contributed by atoms with Crippen molar-refractivity contribution >= 4 is 17.8 Å². The van der Waals surface area contributed by atoms with Gasteiger partial charge in [0, 0.05) is 0 Å². The minimum Gasteiger partial charge on any atom is -0.480 e. The lowest BCUT2D eigenvalue weighted by Crippen LogP contribution is -2.57. The summed E-state index contributed by atoms with van der Waals surface area (Å²) in [5.41, 5.74) is 6.79. The molecule has 0 fully saturated rings. The molecule has 1 rings (SSSR count). The van der Waals surface area contributed by atoms with Gasteiger partial charge in [0.1, 0.15) is 12.1 Å². The van der Waals surface area contributed by atoms with Crippen molar-refractivity contribution in [1.82, 2.24) is 10.6 Å². The zero-order valence-electron chi connectivity index (χ0n) is 14.3. The van der Waals surface area contributed by atoms with Gasteiger partial charge in [0.05, 0.1) is 12.6 Å². The quantitative estimate of drug-likeness (QED) is 0.397. The van der Waals surface area contributed by atoms with Gasteiger partial charge in [-0.1, -0.05) is 44.2 Å². The molecule has 0 saturated carbocycles. The Hall–Kier alpha value is -2.45. The van der Waals surface area contributed by atoms with E-state index in [1.807, 2.05) is 30.3 Å². The van der Waals surface area contributed by atoms with Crippen LogP contribution < -0.4 is 16.4 Å². The Balaban J connectivity index is 2.71. The van der Waals surface area contributed by atoms with E-state index in [1.165, 1.54) is 0 Å². The van der Waals surface area contributed by atoms with Crippen LogP contribution in [0.4, 0.5) is 0 Å². The molecule has 6 N–H and O–H groups in total. The molecule has 0 saturated heterocycles. The summed E-state index contributed by atoms with van der Waals surface area (Å²) >= 11 is 0. The number of amides is 2. The van der Waals surface area contributed by atoms with Gasteiger partial charge in [-0.2, -0.15) is 0 Å². The van der Waals surface area contributed by atoms with E-state index < -0.39 is 42.5 Å². The standard InChI is InChI=1S/C17H25N3O5/c1-10(2)14(16(23)19-13(9-21)17(24)25)20-15(22)12(18)8-11-6-4-3-5-7-11/h3-7,10,12-14,21H,8-9,18H2,1-2H3,(H,19,23)(H,20,22)(H,24,25)/t12-,13-,14-/m0/s1. The number of aliphatic carboxylic acids is 1. The van der Waals surface area contributed by atoms with Gasteiger partial charge in [0.15, 0.2) is 0 Å². The van der Waals surface area contributed by atoms with Crippen LogP contribution in [0.25, 0.3) is 0 Å². The number of hydrogen-bond acceptors (Lipinski definition) is 5. The molecule has 25 heavy (non-hydrogen) atoms. The predicted molar refractivity (Wildman–Crippen MR) is 91.5 cm³/mol. The van der Waals surface area contributed by atoms with Crippen molar-refractivity contribution in [3.8, 4) is 0 Å². The van der Waals surface area contributed by atoms with Crippen LogP contribution in [-0.4, -0.2) is 52.7 Å². The third-order valence-electron chi connectivity index (χ3n) is 3.68. The Labute approximate surface area is 146 Å². The average molecular weight is 351 g/mol. The highest BCUT2D eigenvalue weighted by molar-refractivity contribution is 5.92. The van der Waals surface area contributed by atoms with Gasteiger partial charge in [-0.05, 0) is 17.9 Å². The maximum absolute atomic E-state index is 12.3. The van der Waals surface area contributed by atoms with Gasteiger partial charge in [0.25, 0.3) is 0 Å². The summed E-state index contributed by atoms with van der Waals surface area (Å²) in [5, 5.41) is 22.6. The average Bonchev–Trinajstić information content (AvgIpc) is 2.57. The summed E-state index contributed by atoms with van der Waals surface area (Å²) in [6.07, 6.45) is 0.313. The second-order valence-electron chi connectivity index (χ2n) is 6.11. The molecule has 0 aliphatic rings. The molecule has 0 bridgehead atoms. The number of rotatable bonds is 9. The van der Waals surface area contributed by atoms with E-state index in [1.54, 1.807) is 13.8 Å². The van der Waals surface area contributed by atoms with E-state index in [0.29, 0.717) is 6.42 Å². The SMILES string of the molecule is CC(C)[C@H](NC(=O)[C@@H](N)Cc1ccccc1)C(=O)N[C@@H](CO)C(=O)O. The summed E-state index contributed by atoms with van der Waals surface area (Å²) in [6, 6.07) is 6.00. The zero-order chi connectivity index (χ0) is 19.0. The van der Waals surface area contributed by atoms with E-state index in [4.69, 9.17) is 15.9 Å². The van der Waals surface area contributed by atoms with E-state index in [2.05, 4.69) is 10.6 Å². The van der Waals surface area contributed by atoms with Crippen molar-refractivity contribution in [2.24, 2.45) is 11.7 Å². The van der Waals surface area contributed by atoms with Gasteiger partial charge < -0.3 is 26.6 Å². The number of benzene rings is 1. The minimum absolute atomic E-state index is 0.291. The molecule has 3 atom stereocenters. The molecule has 2 amide bonds. The van der Waals surface area contributed by atoms with Crippen molar-refractivity contribution in [3.05, 3.63) is 35.9 Å². The molecule has 0 aliphatic carbocycles. The number of carbonyl (C=O) groups excluding carboxylic acids is 2. The van der Waals surface area contributed by atoms with Crippen molar-refractivity contribution in [2.45, 2.75) is 38.4 Å². The maximum atomic E-state index is 12.3. The molecule has 1 aromatic carbocycles. The summed E-state index contributed by atoms with van der Waals surface area (Å²) in [5.74, 6) is -2.84. The van der Waals surface area contributed by atoms with Crippen molar-refractivity contribution in [2.75, 3.05) is 6.61 Å². The number of carboxylic acids is 1. The lowest BCUT2D eigenvalue weighted by atomic mass is 10.0. The third kappa shape index (κ3) is 6.52. The first-order chi connectivity index (χ1) is 11.8. The number of nitrogens with two attached hydrogens (primary N) is 1. The fraction of sp³-hybridized carbons (Fsp3) is 0.471. The molecule has 0 heterocycles. The molecule has 8 heteroatoms. The number of carboxylic acid groups (broad SMARTS) is 1. The second-order valence-corrected chi connectivity index (χ2v) is 6.11. The first kappa shape index (κ1) is 20.6. The Morgan fingerprint density at radius 3 is 2.16 bits per heavy atom. The largest absolute Gasteiger partial charge is 0.480 e. The number of aliphatic hydroxyl groups excluding tert-OH is 1. The first-order valence-electron chi connectivity index (χ1n) is 8.00. The topological polar surface area (TPSA) is 142 Å². The van der Waals surface area contributed by atoms with Crippen LogP contribution >= 0.6 is 0 Å². The van der Waals surface area contributed by atoms with Crippen LogP contribution in [0.3, 0.4) is 0 Å². The molecule has 0 radical (unpaired) electrons. The number of nitrogens with one attached hydrogen (secondary N) is 2. The predicted octanol–water partition coefficient (Wildman–Crippen LogP) is -0.741. The molecule has 138 valence electrons. The number of hydrogen-bond donors (Lipinski definition) is 5. The van der Waals surface area contributed by atoms with Crippen molar-refractivity contribution < 1.29 is 24.6 Å². The lowest BCUT2D eigenvalue weighted by molar-refractivity contribution is -0.143. The second kappa shape index (κ2) is 9.75. The van der Waals surface area contributed by atoms with Gasteiger partial charge in [0.2, 0.25) is 11.8 Å². The van der Waals surface area contributed by atoms with Crippen LogP contribution in [0.15, 0.2) is 30.3 Å². The molecular weight excluding hydrogens is 326 g/mol. The van der Waals surface area contributed by atoms with E-state index in [-0.39, 0.29) is 5.92 Å². The highest BCUT2D eigenvalue weighted by Crippen LogP contribution is 2.06. The van der Waals surface area contributed by atoms with Crippen LogP contribution in [-0.2, 0) is 20.8 Å². The van der Waals surface area contributed by atoms with Gasteiger partial charge in [-0.25, -0.2) is 4.79 Å². The summed E-state index contributed by atoms with van der Waals surface area (Å²) in [6.45, 7) is 2.68. The lowest BCUT2D eigenvalue weighted by Gasteiger charge is -2.25. The van der Waals surface area contributed by atoms with Crippen LogP contribution in [0.2, 0.25) is 0 Å². The molecule has 0 spiro atoms. The summed E-state index contributed by atoms with van der Waals surface area (Å²) in [4.78, 5) is 35.4. The van der Waals surface area contributed by atoms with Crippen molar-refractivity contribution in [1.29, 1.82) is 0 Å². The van der Waals surface area contributed by atoms with Crippen molar-refractivity contribution in [3.63, 3.8) is 0 Å². The molecule has 0 unspecified atom stereocenters. The normalized spacial score (nSPS) is 14.4. The molecule has 1 aromatic rings. The molecule has 8 nitrogen and oxygen atoms in total. The van der Waals surface area contributed by atoms with Gasteiger partial charge in [-0.15, -0.1) is 0 Å². The fourth-order valence-corrected chi connectivity index (χ4v) is 2.20. The minimum atomic E-state index is -1.43. The number of aliphatic hydroxyl groups is 1. The van der Waals surface area contributed by atoms with Gasteiger partial charge >= 0.3 is 5.97 Å². The highest BCUT2D eigenvalue weighted by Gasteiger charge is 2.29. The Morgan fingerprint density at radius 2 is 1.68 bits per heavy atom. The fourth-order valence-electron chi connectivity index (χ4n) is 2.20. The van der Waals surface area contributed by atoms with E-state index in [9.17, 15) is 14.4 Å². The summed E-state index contributed by atoms with van der Waals surface area (Å²) in [7, 11) is 0. The van der Waals surface area contributed by atoms with Crippen LogP contribution in [0.1, 0.15) is 19.4 Å². The maximum Gasteiger partial charge on any atom is 0.328 e. The van der Waals surface area contributed by atoms with Gasteiger partial charge in [-0.3, -0.25) is 9.59 Å². The Morgan fingerprint density at radius 1 is 1.08 bits per heavy atom. The monoisotopic (exact) mass is 351 g/mol. The van der Waals surface area contributed by atoms with E-state index in [0.717, 1.165) is 5.56 Å². The first-order valence-corrected chi connectivity index (χ1v) is 8.00.